The number of halogens is 1. The lowest BCUT2D eigenvalue weighted by Gasteiger charge is -2.18. The molecule has 4 aromatic rings. The minimum atomic E-state index is -0.529. The molecule has 8 heteroatoms. The summed E-state index contributed by atoms with van der Waals surface area (Å²) in [5, 5.41) is 3.92. The van der Waals surface area contributed by atoms with Crippen LogP contribution in [0.3, 0.4) is 0 Å². The number of hydrogen-bond donors (Lipinski definition) is 3. The molecule has 1 heterocycles. The minimum Gasteiger partial charge on any atom is -0.349 e. The highest BCUT2D eigenvalue weighted by Gasteiger charge is 2.19. The molecule has 0 aliphatic heterocycles. The van der Waals surface area contributed by atoms with Crippen molar-refractivity contribution in [3.05, 3.63) is 101 Å². The van der Waals surface area contributed by atoms with Crippen LogP contribution < -0.4 is 16.2 Å². The van der Waals surface area contributed by atoms with E-state index in [2.05, 4.69) is 21.2 Å². The smallest absolute Gasteiger partial charge is 0.270 e. The number of nitrogens with one attached hydrogen (secondary N) is 3. The average Bonchev–Trinajstić information content (AvgIpc) is 2.87. The molecule has 7 nitrogen and oxygen atoms in total. The summed E-state index contributed by atoms with van der Waals surface area (Å²) >= 11 is 6.35. The first-order chi connectivity index (χ1) is 16.9. The Balaban J connectivity index is 1.54. The van der Waals surface area contributed by atoms with Crippen LogP contribution in [0.5, 0.6) is 0 Å². The van der Waals surface area contributed by atoms with E-state index in [9.17, 15) is 14.4 Å². The molecule has 0 aliphatic rings. The first-order valence-corrected chi connectivity index (χ1v) is 11.4. The summed E-state index contributed by atoms with van der Waals surface area (Å²) in [4.78, 5) is 42.0. The van der Waals surface area contributed by atoms with Gasteiger partial charge in [-0.3, -0.25) is 25.2 Å². The summed E-state index contributed by atoms with van der Waals surface area (Å²) in [6.45, 7) is 1.39. The van der Waals surface area contributed by atoms with Crippen molar-refractivity contribution in [3.63, 3.8) is 0 Å². The Kier molecular flexibility index (Phi) is 7.38. The predicted molar refractivity (Wildman–Crippen MR) is 135 cm³/mol. The Morgan fingerprint density at radius 2 is 1.57 bits per heavy atom. The van der Waals surface area contributed by atoms with Crippen molar-refractivity contribution in [1.29, 1.82) is 0 Å². The Bertz CT molecular complexity index is 1390. The number of hydrogen-bond acceptors (Lipinski definition) is 4. The maximum atomic E-state index is 13.1. The number of carbonyl (C=O) groups excluding carboxylic acids is 3. The lowest BCUT2D eigenvalue weighted by molar-refractivity contribution is -0.123. The highest BCUT2D eigenvalue weighted by molar-refractivity contribution is 6.33. The van der Waals surface area contributed by atoms with E-state index in [1.54, 1.807) is 18.2 Å². The molecule has 0 bridgehead atoms. The zero-order valence-electron chi connectivity index (χ0n) is 18.9. The SMILES string of the molecule is CC(=O)NC(CC(=O)NNC(=O)c1cc(-c2ccccc2Cl)nc2ccccc12)c1ccccc1. The fourth-order valence-electron chi connectivity index (χ4n) is 3.78. The molecule has 176 valence electrons. The molecule has 0 fully saturated rings. The van der Waals surface area contributed by atoms with Crippen LogP contribution >= 0.6 is 11.6 Å². The summed E-state index contributed by atoms with van der Waals surface area (Å²) in [5.41, 5.74) is 7.92. The second-order valence-electron chi connectivity index (χ2n) is 7.92. The van der Waals surface area contributed by atoms with E-state index in [0.717, 1.165) is 5.56 Å². The quantitative estimate of drug-likeness (QED) is 0.347. The van der Waals surface area contributed by atoms with Crippen molar-refractivity contribution in [2.45, 2.75) is 19.4 Å². The number of carbonyl (C=O) groups is 3. The van der Waals surface area contributed by atoms with E-state index < -0.39 is 17.9 Å². The van der Waals surface area contributed by atoms with Gasteiger partial charge in [-0.15, -0.1) is 0 Å². The van der Waals surface area contributed by atoms with Gasteiger partial charge in [0, 0.05) is 22.9 Å². The molecule has 3 N–H and O–H groups in total. The van der Waals surface area contributed by atoms with Gasteiger partial charge in [-0.25, -0.2) is 4.98 Å². The molecular weight excluding hydrogens is 464 g/mol. The van der Waals surface area contributed by atoms with Crippen LogP contribution in [-0.4, -0.2) is 22.7 Å². The number of aromatic nitrogens is 1. The van der Waals surface area contributed by atoms with Crippen molar-refractivity contribution in [2.24, 2.45) is 0 Å². The zero-order valence-corrected chi connectivity index (χ0v) is 19.7. The van der Waals surface area contributed by atoms with Gasteiger partial charge in [0.05, 0.1) is 29.2 Å². The molecule has 0 radical (unpaired) electrons. The van der Waals surface area contributed by atoms with Crippen molar-refractivity contribution >= 4 is 40.2 Å². The van der Waals surface area contributed by atoms with E-state index in [1.807, 2.05) is 66.7 Å². The van der Waals surface area contributed by atoms with Crippen LogP contribution in [0, 0.1) is 0 Å². The van der Waals surface area contributed by atoms with Gasteiger partial charge in [0.1, 0.15) is 0 Å². The van der Waals surface area contributed by atoms with Gasteiger partial charge in [0.15, 0.2) is 0 Å². The first kappa shape index (κ1) is 23.9. The summed E-state index contributed by atoms with van der Waals surface area (Å²) < 4.78 is 0. The Labute approximate surface area is 207 Å². The van der Waals surface area contributed by atoms with Gasteiger partial charge >= 0.3 is 0 Å². The summed E-state index contributed by atoms with van der Waals surface area (Å²) in [5.74, 6) is -1.21. The van der Waals surface area contributed by atoms with Gasteiger partial charge in [-0.05, 0) is 23.8 Å². The topological polar surface area (TPSA) is 100 Å². The first-order valence-electron chi connectivity index (χ1n) is 11.0. The Hall–Kier alpha value is -4.23. The Morgan fingerprint density at radius 3 is 2.31 bits per heavy atom. The predicted octanol–water partition coefficient (Wildman–Crippen LogP) is 4.58. The van der Waals surface area contributed by atoms with Crippen LogP contribution in [0.4, 0.5) is 0 Å². The number of benzene rings is 3. The standard InChI is InChI=1S/C27H23ClN4O3/c1-17(33)29-24(18-9-3-2-4-10-18)16-26(34)31-32-27(35)21-15-25(20-12-5-7-13-22(20)28)30-23-14-8-6-11-19(21)23/h2-15,24H,16H2,1H3,(H,29,33)(H,31,34)(H,32,35). The lowest BCUT2D eigenvalue weighted by Crippen LogP contribution is -2.43. The van der Waals surface area contributed by atoms with E-state index in [1.165, 1.54) is 6.92 Å². The van der Waals surface area contributed by atoms with Crippen molar-refractivity contribution in [2.75, 3.05) is 0 Å². The molecule has 35 heavy (non-hydrogen) atoms. The third-order valence-corrected chi connectivity index (χ3v) is 5.72. The molecule has 3 aromatic carbocycles. The van der Waals surface area contributed by atoms with Crippen LogP contribution in [-0.2, 0) is 9.59 Å². The van der Waals surface area contributed by atoms with Crippen molar-refractivity contribution in [1.82, 2.24) is 21.2 Å². The highest BCUT2D eigenvalue weighted by Crippen LogP contribution is 2.29. The van der Waals surface area contributed by atoms with Gasteiger partial charge in [-0.1, -0.05) is 78.3 Å². The maximum absolute atomic E-state index is 13.1. The molecule has 0 aliphatic carbocycles. The lowest BCUT2D eigenvalue weighted by atomic mass is 10.0. The molecule has 1 aromatic heterocycles. The summed E-state index contributed by atoms with van der Waals surface area (Å²) in [7, 11) is 0. The van der Waals surface area contributed by atoms with Gasteiger partial charge < -0.3 is 5.32 Å². The number of fused-ring (bicyclic) bond motifs is 1. The van der Waals surface area contributed by atoms with Crippen molar-refractivity contribution in [3.8, 4) is 11.3 Å². The molecule has 0 saturated heterocycles. The van der Waals surface area contributed by atoms with Crippen LogP contribution in [0.2, 0.25) is 5.02 Å². The second kappa shape index (κ2) is 10.8. The molecule has 3 amide bonds. The van der Waals surface area contributed by atoms with Crippen LogP contribution in [0.25, 0.3) is 22.2 Å². The van der Waals surface area contributed by atoms with Gasteiger partial charge in [-0.2, -0.15) is 0 Å². The monoisotopic (exact) mass is 486 g/mol. The largest absolute Gasteiger partial charge is 0.349 e. The zero-order chi connectivity index (χ0) is 24.8. The van der Waals surface area contributed by atoms with E-state index in [4.69, 9.17) is 11.6 Å². The third kappa shape index (κ3) is 5.83. The number of para-hydroxylation sites is 1. The molecule has 1 unspecified atom stereocenters. The fraction of sp³-hybridized carbons (Fsp3) is 0.111. The van der Waals surface area contributed by atoms with Crippen molar-refractivity contribution < 1.29 is 14.4 Å². The molecule has 0 saturated carbocycles. The molecule has 4 rings (SSSR count). The number of hydrazine groups is 1. The van der Waals surface area contributed by atoms with Gasteiger partial charge in [0.2, 0.25) is 11.8 Å². The molecular formula is C27H23ClN4O3. The molecule has 1 atom stereocenters. The maximum Gasteiger partial charge on any atom is 0.270 e. The van der Waals surface area contributed by atoms with Gasteiger partial charge in [0.25, 0.3) is 5.91 Å². The summed E-state index contributed by atoms with van der Waals surface area (Å²) in [6, 6.07) is 24.8. The number of nitrogens with zero attached hydrogens (tertiary/aromatic N) is 1. The normalized spacial score (nSPS) is 11.5. The van der Waals surface area contributed by atoms with E-state index in [-0.39, 0.29) is 12.3 Å². The van der Waals surface area contributed by atoms with E-state index in [0.29, 0.717) is 32.7 Å². The number of rotatable bonds is 6. The minimum absolute atomic E-state index is 0.0498. The highest BCUT2D eigenvalue weighted by atomic mass is 35.5. The fourth-order valence-corrected chi connectivity index (χ4v) is 4.02. The summed E-state index contributed by atoms with van der Waals surface area (Å²) in [6.07, 6.45) is -0.0498. The third-order valence-electron chi connectivity index (χ3n) is 5.40. The Morgan fingerprint density at radius 1 is 0.886 bits per heavy atom. The average molecular weight is 487 g/mol. The number of amides is 3. The second-order valence-corrected chi connectivity index (χ2v) is 8.33. The van der Waals surface area contributed by atoms with Crippen LogP contribution in [0.15, 0.2) is 84.9 Å². The number of pyridine rings is 1. The van der Waals surface area contributed by atoms with Crippen LogP contribution in [0.1, 0.15) is 35.3 Å². The molecule has 0 spiro atoms. The van der Waals surface area contributed by atoms with E-state index >= 15 is 0 Å².